The predicted molar refractivity (Wildman–Crippen MR) is 145 cm³/mol. The molecule has 1 aliphatic heterocycles. The fourth-order valence-electron chi connectivity index (χ4n) is 5.34. The number of hydrogen-bond acceptors (Lipinski definition) is 7. The normalized spacial score (nSPS) is 28.2. The summed E-state index contributed by atoms with van der Waals surface area (Å²) in [5, 5.41) is 23.4. The van der Waals surface area contributed by atoms with Crippen molar-refractivity contribution in [1.29, 1.82) is 0 Å². The van der Waals surface area contributed by atoms with Gasteiger partial charge >= 0.3 is 0 Å². The average Bonchev–Trinajstić information content (AvgIpc) is 3.30. The van der Waals surface area contributed by atoms with Crippen LogP contribution in [0.25, 0.3) is 0 Å². The highest BCUT2D eigenvalue weighted by Gasteiger charge is 2.88. The van der Waals surface area contributed by atoms with E-state index in [1.54, 1.807) is 0 Å². The highest BCUT2D eigenvalue weighted by atomic mass is 35.5. The van der Waals surface area contributed by atoms with Gasteiger partial charge in [-0.15, -0.1) is 23.2 Å². The summed E-state index contributed by atoms with van der Waals surface area (Å²) in [4.78, 5) is 58.9. The van der Waals surface area contributed by atoms with Crippen LogP contribution >= 0.6 is 69.6 Å². The first kappa shape index (κ1) is 28.8. The van der Waals surface area contributed by atoms with Gasteiger partial charge in [0.1, 0.15) is 9.75 Å². The van der Waals surface area contributed by atoms with Crippen molar-refractivity contribution in [2.24, 2.45) is 11.8 Å². The molecule has 0 spiro atoms. The Morgan fingerprint density at radius 1 is 0.875 bits per heavy atom. The summed E-state index contributed by atoms with van der Waals surface area (Å²) in [6.45, 7) is -0.679. The lowest BCUT2D eigenvalue weighted by Crippen LogP contribution is -2.55. The van der Waals surface area contributed by atoms with Gasteiger partial charge in [0.25, 0.3) is 29.1 Å². The van der Waals surface area contributed by atoms with Crippen LogP contribution in [0, 0.1) is 32.1 Å². The van der Waals surface area contributed by atoms with Crippen LogP contribution in [0.5, 0.6) is 0 Å². The van der Waals surface area contributed by atoms with Crippen molar-refractivity contribution in [2.75, 3.05) is 0 Å². The molecule has 3 amide bonds. The highest BCUT2D eigenvalue weighted by Crippen LogP contribution is 2.77. The molecule has 0 radical (unpaired) electrons. The summed E-state index contributed by atoms with van der Waals surface area (Å²) in [5.41, 5.74) is -1.24. The predicted octanol–water partition coefficient (Wildman–Crippen LogP) is 5.51. The number of benzene rings is 2. The average molecular weight is 669 g/mol. The highest BCUT2D eigenvalue weighted by molar-refractivity contribution is 6.66. The molecule has 0 unspecified atom stereocenters. The number of rotatable bonds is 6. The number of carbonyl (C=O) groups excluding carboxylic acids is 3. The van der Waals surface area contributed by atoms with E-state index in [9.17, 15) is 34.6 Å². The number of nitro groups is 2. The van der Waals surface area contributed by atoms with E-state index in [4.69, 9.17) is 69.6 Å². The number of hydrazine groups is 1. The molecule has 0 N–H and O–H groups in total. The second kappa shape index (κ2) is 9.43. The lowest BCUT2D eigenvalue weighted by Gasteiger charge is -2.37. The first-order chi connectivity index (χ1) is 18.6. The van der Waals surface area contributed by atoms with Crippen LogP contribution in [-0.2, 0) is 16.1 Å². The van der Waals surface area contributed by atoms with E-state index in [-0.39, 0.29) is 21.2 Å². The molecule has 208 valence electrons. The van der Waals surface area contributed by atoms with E-state index in [1.807, 2.05) is 0 Å². The summed E-state index contributed by atoms with van der Waals surface area (Å²) >= 11 is 39.2. The van der Waals surface area contributed by atoms with Crippen LogP contribution in [0.2, 0.25) is 0 Å². The number of carbonyl (C=O) groups is 3. The zero-order valence-corrected chi connectivity index (χ0v) is 23.9. The molecule has 17 heteroatoms. The molecule has 2 fully saturated rings. The van der Waals surface area contributed by atoms with Gasteiger partial charge in [-0.2, -0.15) is 5.01 Å². The maximum atomic E-state index is 13.9. The zero-order chi connectivity index (χ0) is 29.5. The van der Waals surface area contributed by atoms with Crippen LogP contribution in [0.15, 0.2) is 58.6 Å². The van der Waals surface area contributed by atoms with Crippen molar-refractivity contribution in [1.82, 2.24) is 10.0 Å². The van der Waals surface area contributed by atoms with E-state index >= 15 is 0 Å². The molecular weight excluding hydrogens is 657 g/mol. The fourth-order valence-corrected chi connectivity index (χ4v) is 8.27. The Bertz CT molecular complexity index is 1540. The minimum atomic E-state index is -2.23. The Kier molecular flexibility index (Phi) is 6.80. The third-order valence-electron chi connectivity index (χ3n) is 7.17. The Morgan fingerprint density at radius 2 is 1.43 bits per heavy atom. The van der Waals surface area contributed by atoms with Crippen molar-refractivity contribution in [3.8, 4) is 0 Å². The van der Waals surface area contributed by atoms with E-state index in [0.29, 0.717) is 10.0 Å². The molecule has 1 heterocycles. The summed E-state index contributed by atoms with van der Waals surface area (Å²) in [5.74, 6) is -6.42. The van der Waals surface area contributed by atoms with Crippen molar-refractivity contribution in [2.45, 2.75) is 20.6 Å². The van der Waals surface area contributed by atoms with Crippen molar-refractivity contribution in [3.05, 3.63) is 90.0 Å². The number of para-hydroxylation sites is 1. The summed E-state index contributed by atoms with van der Waals surface area (Å²) in [6, 6.07) is 9.78. The molecule has 5 rings (SSSR count). The maximum Gasteiger partial charge on any atom is 0.274 e. The molecule has 3 aliphatic rings. The van der Waals surface area contributed by atoms with E-state index in [2.05, 4.69) is 0 Å². The van der Waals surface area contributed by atoms with Crippen molar-refractivity contribution in [3.63, 3.8) is 0 Å². The second-order valence-electron chi connectivity index (χ2n) is 9.13. The number of fused-ring (bicyclic) bond motifs is 5. The third-order valence-corrected chi connectivity index (χ3v) is 11.4. The van der Waals surface area contributed by atoms with Crippen LogP contribution in [0.1, 0.15) is 15.9 Å². The van der Waals surface area contributed by atoms with Gasteiger partial charge in [0, 0.05) is 23.8 Å². The van der Waals surface area contributed by atoms with Gasteiger partial charge in [0.15, 0.2) is 4.33 Å². The standard InChI is InChI=1S/C23H12Cl6N4O7/c24-16-17(25)22(27)15-14(21(16,26)23(22,28)29)19(35)31(20(15)36)30(9-11-4-1-2-7-13(11)33(39)40)18(34)10-5-3-6-12(8-10)32(37)38/h1-8,14-15H,9H2/t14-,15+,21-,22-/m1/s1. The van der Waals surface area contributed by atoms with Gasteiger partial charge in [-0.3, -0.25) is 34.6 Å². The second-order valence-corrected chi connectivity index (χ2v) is 12.4. The molecule has 4 atom stereocenters. The number of allylic oxidation sites excluding steroid dienone is 2. The third kappa shape index (κ3) is 3.55. The van der Waals surface area contributed by atoms with Gasteiger partial charge < -0.3 is 0 Å². The largest absolute Gasteiger partial charge is 0.274 e. The monoisotopic (exact) mass is 666 g/mol. The molecule has 2 aliphatic carbocycles. The molecular formula is C23H12Cl6N4O7. The molecule has 1 saturated carbocycles. The minimum Gasteiger partial charge on any atom is -0.272 e. The number of imide groups is 1. The fraction of sp³-hybridized carbons (Fsp3) is 0.261. The van der Waals surface area contributed by atoms with Gasteiger partial charge in [-0.1, -0.05) is 70.7 Å². The quantitative estimate of drug-likeness (QED) is 0.171. The van der Waals surface area contributed by atoms with E-state index < -0.39 is 71.4 Å². The Hall–Kier alpha value is -2.67. The topological polar surface area (TPSA) is 144 Å². The Balaban J connectivity index is 1.66. The Morgan fingerprint density at radius 3 is 1.95 bits per heavy atom. The summed E-state index contributed by atoms with van der Waals surface area (Å²) < 4.78 is -2.23. The number of alkyl halides is 4. The molecule has 2 bridgehead atoms. The summed E-state index contributed by atoms with van der Waals surface area (Å²) in [7, 11) is 0. The van der Waals surface area contributed by atoms with Crippen LogP contribution < -0.4 is 0 Å². The molecule has 2 aromatic carbocycles. The number of hydrogen-bond donors (Lipinski definition) is 0. The summed E-state index contributed by atoms with van der Waals surface area (Å²) in [6.07, 6.45) is 0. The number of nitro benzene ring substituents is 2. The number of amides is 3. The van der Waals surface area contributed by atoms with Gasteiger partial charge in [0.2, 0.25) is 0 Å². The smallest absolute Gasteiger partial charge is 0.272 e. The number of nitrogens with zero attached hydrogens (tertiary/aromatic N) is 4. The zero-order valence-electron chi connectivity index (χ0n) is 19.4. The van der Waals surface area contributed by atoms with Crippen molar-refractivity contribution < 1.29 is 24.2 Å². The van der Waals surface area contributed by atoms with Gasteiger partial charge in [0.05, 0.1) is 43.9 Å². The lowest BCUT2D eigenvalue weighted by atomic mass is 9.84. The molecule has 40 heavy (non-hydrogen) atoms. The van der Waals surface area contributed by atoms with Crippen LogP contribution in [0.4, 0.5) is 11.4 Å². The number of non-ortho nitro benzene ring substituents is 1. The van der Waals surface area contributed by atoms with Crippen LogP contribution in [-0.4, -0.2) is 51.7 Å². The number of halogens is 6. The SMILES string of the molecule is O=C(c1cccc([N+](=O)[O-])c1)N(Cc1ccccc1[N+](=O)[O-])N1C(=O)[C@@H]2[C@H](C1=O)[C@@]1(Cl)C(Cl)=C(Cl)[C@@]2(Cl)C1(Cl)Cl. The molecule has 1 saturated heterocycles. The van der Waals surface area contributed by atoms with E-state index in [0.717, 1.165) is 18.2 Å². The van der Waals surface area contributed by atoms with Crippen LogP contribution in [0.3, 0.4) is 0 Å². The first-order valence-corrected chi connectivity index (χ1v) is 13.4. The molecule has 0 aromatic heterocycles. The lowest BCUT2D eigenvalue weighted by molar-refractivity contribution is -0.385. The minimum absolute atomic E-state index is 0.0636. The molecule has 2 aromatic rings. The van der Waals surface area contributed by atoms with Gasteiger partial charge in [-0.05, 0) is 6.07 Å². The molecule has 11 nitrogen and oxygen atoms in total. The van der Waals surface area contributed by atoms with E-state index in [1.165, 1.54) is 30.3 Å². The van der Waals surface area contributed by atoms with Gasteiger partial charge in [-0.25, -0.2) is 5.01 Å². The van der Waals surface area contributed by atoms with Crippen molar-refractivity contribution >= 4 is 98.7 Å². The Labute approximate surface area is 254 Å². The maximum absolute atomic E-state index is 13.9. The first-order valence-electron chi connectivity index (χ1n) is 11.1.